The van der Waals surface area contributed by atoms with Crippen LogP contribution in [0.4, 0.5) is 11.4 Å². The number of aryl methyl sites for hydroxylation is 1. The predicted molar refractivity (Wildman–Crippen MR) is 81.1 cm³/mol. The zero-order chi connectivity index (χ0) is 15.4. The van der Waals surface area contributed by atoms with E-state index in [4.69, 9.17) is 22.6 Å². The van der Waals surface area contributed by atoms with E-state index in [2.05, 4.69) is 15.5 Å². The molecule has 6 nitrogen and oxygen atoms in total. The lowest BCUT2D eigenvalue weighted by Gasteiger charge is -2.05. The van der Waals surface area contributed by atoms with Crippen LogP contribution in [0.25, 0.3) is 0 Å². The molecule has 1 aromatic carbocycles. The molecule has 0 unspecified atom stereocenters. The van der Waals surface area contributed by atoms with Gasteiger partial charge in [-0.2, -0.15) is 10.4 Å². The number of aromatic nitrogens is 2. The van der Waals surface area contributed by atoms with Crippen molar-refractivity contribution in [3.63, 3.8) is 0 Å². The van der Waals surface area contributed by atoms with Gasteiger partial charge in [-0.05, 0) is 24.6 Å². The number of hydrogen-bond donors (Lipinski definition) is 3. The first-order valence-corrected chi connectivity index (χ1v) is 6.78. The Morgan fingerprint density at radius 2 is 2.33 bits per heavy atom. The zero-order valence-corrected chi connectivity index (χ0v) is 12.2. The summed E-state index contributed by atoms with van der Waals surface area (Å²) >= 11 is 5.84. The van der Waals surface area contributed by atoms with E-state index in [1.54, 1.807) is 12.1 Å². The number of nitrogens with zero attached hydrogens (tertiary/aromatic N) is 2. The second-order valence-corrected chi connectivity index (χ2v) is 4.88. The van der Waals surface area contributed by atoms with Crippen molar-refractivity contribution in [1.29, 1.82) is 5.26 Å². The van der Waals surface area contributed by atoms with Crippen molar-refractivity contribution >= 4 is 28.9 Å². The molecule has 7 heteroatoms. The molecule has 108 valence electrons. The molecule has 0 saturated heterocycles. The number of nitrogens with two attached hydrogens (primary N) is 1. The van der Waals surface area contributed by atoms with Crippen LogP contribution >= 0.6 is 11.6 Å². The third kappa shape index (κ3) is 3.15. The van der Waals surface area contributed by atoms with E-state index in [-0.39, 0.29) is 11.3 Å². The number of carbonyl (C=O) groups excluding carboxylic acids is 1. The van der Waals surface area contributed by atoms with E-state index in [1.165, 1.54) is 6.07 Å². The van der Waals surface area contributed by atoms with Crippen molar-refractivity contribution in [3.05, 3.63) is 40.2 Å². The summed E-state index contributed by atoms with van der Waals surface area (Å²) in [6.07, 6.45) is 1.63. The van der Waals surface area contributed by atoms with Gasteiger partial charge in [0.15, 0.2) is 5.69 Å². The van der Waals surface area contributed by atoms with Gasteiger partial charge >= 0.3 is 0 Å². The number of benzene rings is 1. The summed E-state index contributed by atoms with van der Waals surface area (Å²) in [4.78, 5) is 12.1. The molecule has 21 heavy (non-hydrogen) atoms. The molecule has 0 aliphatic carbocycles. The number of halogens is 1. The van der Waals surface area contributed by atoms with Crippen molar-refractivity contribution in [1.82, 2.24) is 10.2 Å². The minimum atomic E-state index is -0.433. The van der Waals surface area contributed by atoms with Gasteiger partial charge in [-0.25, -0.2) is 0 Å². The second kappa shape index (κ2) is 6.29. The summed E-state index contributed by atoms with van der Waals surface area (Å²) in [6, 6.07) is 6.60. The number of aromatic amines is 1. The van der Waals surface area contributed by atoms with Crippen LogP contribution in [0.2, 0.25) is 5.02 Å². The van der Waals surface area contributed by atoms with Gasteiger partial charge in [0, 0.05) is 5.69 Å². The fraction of sp³-hybridized carbons (Fsp3) is 0.214. The highest BCUT2D eigenvalue weighted by molar-refractivity contribution is 6.31. The lowest BCUT2D eigenvalue weighted by atomic mass is 10.2. The van der Waals surface area contributed by atoms with Gasteiger partial charge in [-0.3, -0.25) is 9.89 Å². The first-order chi connectivity index (χ1) is 10.1. The maximum atomic E-state index is 12.1. The van der Waals surface area contributed by atoms with Crippen molar-refractivity contribution in [2.24, 2.45) is 0 Å². The maximum Gasteiger partial charge on any atom is 0.278 e. The van der Waals surface area contributed by atoms with E-state index < -0.39 is 5.91 Å². The van der Waals surface area contributed by atoms with Crippen LogP contribution in [-0.4, -0.2) is 16.1 Å². The molecule has 0 saturated carbocycles. The number of H-pyrrole nitrogens is 1. The fourth-order valence-electron chi connectivity index (χ4n) is 1.88. The van der Waals surface area contributed by atoms with Crippen LogP contribution in [0.3, 0.4) is 0 Å². The molecule has 0 aliphatic rings. The summed E-state index contributed by atoms with van der Waals surface area (Å²) in [7, 11) is 0. The van der Waals surface area contributed by atoms with E-state index in [9.17, 15) is 4.79 Å². The van der Waals surface area contributed by atoms with E-state index in [1.807, 2.05) is 13.0 Å². The SMILES string of the molecule is CCCc1[nH]nc(C(=O)Nc2ccc(Cl)c(C#N)c2)c1N. The highest BCUT2D eigenvalue weighted by atomic mass is 35.5. The Labute approximate surface area is 126 Å². The molecule has 0 bridgehead atoms. The van der Waals surface area contributed by atoms with Gasteiger partial charge in [0.1, 0.15) is 6.07 Å². The molecular weight excluding hydrogens is 290 g/mol. The highest BCUT2D eigenvalue weighted by Gasteiger charge is 2.17. The van der Waals surface area contributed by atoms with Crippen molar-refractivity contribution in [2.45, 2.75) is 19.8 Å². The summed E-state index contributed by atoms with van der Waals surface area (Å²) in [6.45, 7) is 2.01. The summed E-state index contributed by atoms with van der Waals surface area (Å²) in [5.74, 6) is -0.433. The molecule has 0 atom stereocenters. The average Bonchev–Trinajstić information content (AvgIpc) is 2.83. The standard InChI is InChI=1S/C14H14ClN5O/c1-2-3-11-12(17)13(20-19-11)14(21)18-9-4-5-10(15)8(6-9)7-16/h4-6H,2-3,17H2,1H3,(H,18,21)(H,19,20). The third-order valence-corrected chi connectivity index (χ3v) is 3.27. The third-order valence-electron chi connectivity index (χ3n) is 2.94. The molecule has 2 rings (SSSR count). The molecule has 0 aliphatic heterocycles. The number of nitriles is 1. The number of nitrogens with one attached hydrogen (secondary N) is 2. The largest absolute Gasteiger partial charge is 0.395 e. The number of carbonyl (C=O) groups is 1. The minimum absolute atomic E-state index is 0.145. The quantitative estimate of drug-likeness (QED) is 0.807. The molecule has 2 aromatic rings. The topological polar surface area (TPSA) is 108 Å². The Morgan fingerprint density at radius 3 is 3.00 bits per heavy atom. The molecule has 0 radical (unpaired) electrons. The summed E-state index contributed by atoms with van der Waals surface area (Å²) in [5, 5.41) is 18.6. The number of hydrogen-bond acceptors (Lipinski definition) is 4. The molecule has 1 heterocycles. The Bertz CT molecular complexity index is 717. The fourth-order valence-corrected chi connectivity index (χ4v) is 2.04. The first kappa shape index (κ1) is 14.9. The van der Waals surface area contributed by atoms with Gasteiger partial charge in [0.2, 0.25) is 0 Å². The van der Waals surface area contributed by atoms with Crippen molar-refractivity contribution in [3.8, 4) is 6.07 Å². The van der Waals surface area contributed by atoms with Gasteiger partial charge in [-0.15, -0.1) is 0 Å². The van der Waals surface area contributed by atoms with Crippen LogP contribution in [0.5, 0.6) is 0 Å². The van der Waals surface area contributed by atoms with E-state index in [0.29, 0.717) is 16.4 Å². The molecule has 1 amide bonds. The van der Waals surface area contributed by atoms with E-state index in [0.717, 1.165) is 18.5 Å². The van der Waals surface area contributed by atoms with Gasteiger partial charge < -0.3 is 11.1 Å². The number of rotatable bonds is 4. The van der Waals surface area contributed by atoms with Gasteiger partial charge in [-0.1, -0.05) is 24.9 Å². The lowest BCUT2D eigenvalue weighted by molar-refractivity contribution is 0.102. The maximum absolute atomic E-state index is 12.1. The first-order valence-electron chi connectivity index (χ1n) is 6.40. The Kier molecular flexibility index (Phi) is 4.45. The smallest absolute Gasteiger partial charge is 0.278 e. The second-order valence-electron chi connectivity index (χ2n) is 4.47. The van der Waals surface area contributed by atoms with Crippen LogP contribution in [0.15, 0.2) is 18.2 Å². The molecule has 0 spiro atoms. The van der Waals surface area contributed by atoms with Crippen LogP contribution in [-0.2, 0) is 6.42 Å². The Balaban J connectivity index is 2.20. The molecule has 1 aromatic heterocycles. The number of nitrogen functional groups attached to an aromatic ring is 1. The van der Waals surface area contributed by atoms with E-state index >= 15 is 0 Å². The molecular formula is C14H14ClN5O. The average molecular weight is 304 g/mol. The van der Waals surface area contributed by atoms with Crippen LogP contribution in [0.1, 0.15) is 35.1 Å². The normalized spacial score (nSPS) is 10.1. The van der Waals surface area contributed by atoms with Crippen LogP contribution in [0, 0.1) is 11.3 Å². The van der Waals surface area contributed by atoms with Gasteiger partial charge in [0.05, 0.1) is 22.0 Å². The van der Waals surface area contributed by atoms with Crippen molar-refractivity contribution in [2.75, 3.05) is 11.1 Å². The number of amides is 1. The predicted octanol–water partition coefficient (Wildman–Crippen LogP) is 2.72. The lowest BCUT2D eigenvalue weighted by Crippen LogP contribution is -2.14. The number of anilines is 2. The highest BCUT2D eigenvalue weighted by Crippen LogP contribution is 2.21. The monoisotopic (exact) mass is 303 g/mol. The van der Waals surface area contributed by atoms with Crippen molar-refractivity contribution < 1.29 is 4.79 Å². The molecule has 0 fully saturated rings. The minimum Gasteiger partial charge on any atom is -0.395 e. The molecule has 4 N–H and O–H groups in total. The summed E-state index contributed by atoms with van der Waals surface area (Å²) in [5.41, 5.74) is 7.89. The Morgan fingerprint density at radius 1 is 1.57 bits per heavy atom. The van der Waals surface area contributed by atoms with Crippen LogP contribution < -0.4 is 11.1 Å². The van der Waals surface area contributed by atoms with Gasteiger partial charge in [0.25, 0.3) is 5.91 Å². The zero-order valence-electron chi connectivity index (χ0n) is 11.4. The summed E-state index contributed by atoms with van der Waals surface area (Å²) < 4.78 is 0. The Hall–Kier alpha value is -2.52.